The fourth-order valence-corrected chi connectivity index (χ4v) is 2.55. The fourth-order valence-electron chi connectivity index (χ4n) is 0.870. The second kappa shape index (κ2) is 6.64. The number of halogens is 1. The fraction of sp³-hybridized carbons (Fsp3) is 0.333. The third-order valence-electron chi connectivity index (χ3n) is 1.70. The van der Waals surface area contributed by atoms with Crippen LogP contribution in [-0.2, 0) is 18.1 Å². The minimum atomic E-state index is -3.37. The van der Waals surface area contributed by atoms with E-state index in [1.165, 1.54) is 26.0 Å². The number of hydrogen-bond donors (Lipinski definition) is 0. The first-order chi connectivity index (χ1) is 7.59. The van der Waals surface area contributed by atoms with Crippen molar-refractivity contribution in [2.24, 2.45) is 0 Å². The van der Waals surface area contributed by atoms with Crippen LogP contribution in [0.4, 0.5) is 0 Å². The zero-order valence-electron chi connectivity index (χ0n) is 8.88. The van der Waals surface area contributed by atoms with E-state index in [0.717, 1.165) is 4.90 Å². The Morgan fingerprint density at radius 2 is 1.81 bits per heavy atom. The molecule has 0 fully saturated rings. The second-order valence-electron chi connectivity index (χ2n) is 2.66. The zero-order chi connectivity index (χ0) is 12.0. The van der Waals surface area contributed by atoms with Crippen LogP contribution in [0.5, 0.6) is 0 Å². The predicted octanol–water partition coefficient (Wildman–Crippen LogP) is 3.81. The van der Waals surface area contributed by atoms with Gasteiger partial charge in [0.2, 0.25) is 0 Å². The highest BCUT2D eigenvalue weighted by atomic mass is 35.5. The summed E-state index contributed by atoms with van der Waals surface area (Å²) >= 11 is 7.11. The van der Waals surface area contributed by atoms with E-state index in [1.807, 2.05) is 12.1 Å². The summed E-state index contributed by atoms with van der Waals surface area (Å²) in [4.78, 5) is 0.961. The van der Waals surface area contributed by atoms with Crippen molar-refractivity contribution >= 4 is 31.2 Å². The zero-order valence-corrected chi connectivity index (χ0v) is 11.3. The normalized spacial score (nSPS) is 11.7. The van der Waals surface area contributed by atoms with Gasteiger partial charge in [-0.15, -0.1) is 0 Å². The molecule has 0 unspecified atom stereocenters. The van der Waals surface area contributed by atoms with Crippen LogP contribution in [0.25, 0.3) is 0 Å². The Bertz CT molecular complexity index is 362. The Morgan fingerprint density at radius 1 is 1.25 bits per heavy atom. The molecule has 0 atom stereocenters. The van der Waals surface area contributed by atoms with Crippen LogP contribution in [0.3, 0.4) is 0 Å². The third-order valence-corrected chi connectivity index (χ3v) is 4.30. The number of hydrogen-bond acceptors (Lipinski definition) is 5. The van der Waals surface area contributed by atoms with Crippen molar-refractivity contribution in [3.05, 3.63) is 29.3 Å². The van der Waals surface area contributed by atoms with Gasteiger partial charge in [-0.05, 0) is 24.3 Å². The minimum Gasteiger partial charge on any atom is -0.290 e. The molecule has 0 aromatic heterocycles. The maximum Gasteiger partial charge on any atom is 0.475 e. The van der Waals surface area contributed by atoms with Gasteiger partial charge >= 0.3 is 7.82 Å². The van der Waals surface area contributed by atoms with E-state index >= 15 is 0 Å². The standard InChI is InChI=1S/C9H12ClO4PS/c1-12-15(11,13-2)14-7-16-9-5-3-8(10)4-6-9/h3-6H,7H2,1-2H3. The van der Waals surface area contributed by atoms with Crippen LogP contribution in [0, 0.1) is 0 Å². The van der Waals surface area contributed by atoms with Crippen molar-refractivity contribution in [3.8, 4) is 0 Å². The molecule has 0 aliphatic carbocycles. The Morgan fingerprint density at radius 3 is 2.31 bits per heavy atom. The highest BCUT2D eigenvalue weighted by Crippen LogP contribution is 2.48. The summed E-state index contributed by atoms with van der Waals surface area (Å²) in [6.07, 6.45) is 0. The van der Waals surface area contributed by atoms with Crippen molar-refractivity contribution in [1.29, 1.82) is 0 Å². The molecule has 0 spiro atoms. The number of benzene rings is 1. The average molecular weight is 283 g/mol. The van der Waals surface area contributed by atoms with E-state index in [0.29, 0.717) is 5.02 Å². The molecule has 1 rings (SSSR count). The molecule has 90 valence electrons. The van der Waals surface area contributed by atoms with E-state index in [2.05, 4.69) is 9.05 Å². The lowest BCUT2D eigenvalue weighted by Gasteiger charge is -2.12. The molecule has 16 heavy (non-hydrogen) atoms. The lowest BCUT2D eigenvalue weighted by atomic mass is 10.4. The number of thioether (sulfide) groups is 1. The van der Waals surface area contributed by atoms with Crippen molar-refractivity contribution in [1.82, 2.24) is 0 Å². The van der Waals surface area contributed by atoms with Crippen molar-refractivity contribution < 1.29 is 18.1 Å². The molecule has 4 nitrogen and oxygen atoms in total. The molecular formula is C9H12ClO4PS. The molecule has 0 saturated heterocycles. The van der Waals surface area contributed by atoms with Gasteiger partial charge in [-0.1, -0.05) is 23.4 Å². The van der Waals surface area contributed by atoms with Crippen LogP contribution >= 0.6 is 31.2 Å². The lowest BCUT2D eigenvalue weighted by Crippen LogP contribution is -1.94. The number of rotatable bonds is 6. The van der Waals surface area contributed by atoms with E-state index in [-0.39, 0.29) is 5.94 Å². The molecule has 0 heterocycles. The first-order valence-electron chi connectivity index (χ1n) is 4.34. The largest absolute Gasteiger partial charge is 0.475 e. The van der Waals surface area contributed by atoms with Gasteiger partial charge in [-0.25, -0.2) is 4.57 Å². The Kier molecular flexibility index (Phi) is 5.83. The van der Waals surface area contributed by atoms with Gasteiger partial charge in [0.05, 0.1) is 0 Å². The maximum atomic E-state index is 11.5. The molecule has 0 aliphatic heterocycles. The summed E-state index contributed by atoms with van der Waals surface area (Å²) in [5, 5.41) is 0.671. The van der Waals surface area contributed by atoms with Gasteiger partial charge in [0.25, 0.3) is 0 Å². The van der Waals surface area contributed by atoms with E-state index in [4.69, 9.17) is 16.1 Å². The van der Waals surface area contributed by atoms with Crippen LogP contribution in [0.2, 0.25) is 5.02 Å². The maximum absolute atomic E-state index is 11.5. The van der Waals surface area contributed by atoms with E-state index in [9.17, 15) is 4.57 Å². The first-order valence-corrected chi connectivity index (χ1v) is 7.16. The summed E-state index contributed by atoms with van der Waals surface area (Å²) in [6, 6.07) is 7.24. The number of phosphoric acid groups is 1. The molecule has 0 bridgehead atoms. The molecule has 0 radical (unpaired) electrons. The monoisotopic (exact) mass is 282 g/mol. The molecule has 1 aromatic rings. The van der Waals surface area contributed by atoms with Crippen molar-refractivity contribution in [3.63, 3.8) is 0 Å². The quantitative estimate of drug-likeness (QED) is 0.451. The Hall–Kier alpha value is -0.0300. The van der Waals surface area contributed by atoms with E-state index < -0.39 is 7.82 Å². The van der Waals surface area contributed by atoms with Gasteiger partial charge in [0, 0.05) is 24.1 Å². The molecule has 0 aliphatic rings. The highest BCUT2D eigenvalue weighted by molar-refractivity contribution is 7.99. The third kappa shape index (κ3) is 4.45. The molecule has 1 aromatic carbocycles. The highest BCUT2D eigenvalue weighted by Gasteiger charge is 2.22. The molecule has 7 heteroatoms. The van der Waals surface area contributed by atoms with Gasteiger partial charge in [-0.2, -0.15) is 0 Å². The summed E-state index contributed by atoms with van der Waals surface area (Å²) < 4.78 is 25.7. The van der Waals surface area contributed by atoms with Crippen LogP contribution in [0.1, 0.15) is 0 Å². The Balaban J connectivity index is 2.41. The summed E-state index contributed by atoms with van der Waals surface area (Å²) in [6.45, 7) is 0. The van der Waals surface area contributed by atoms with E-state index in [1.54, 1.807) is 12.1 Å². The molecular weight excluding hydrogens is 271 g/mol. The predicted molar refractivity (Wildman–Crippen MR) is 64.9 cm³/mol. The molecule has 0 saturated carbocycles. The van der Waals surface area contributed by atoms with Crippen LogP contribution in [-0.4, -0.2) is 20.2 Å². The van der Waals surface area contributed by atoms with Gasteiger partial charge in [-0.3, -0.25) is 13.6 Å². The van der Waals surface area contributed by atoms with Crippen LogP contribution in [0.15, 0.2) is 29.2 Å². The van der Waals surface area contributed by atoms with Gasteiger partial charge in [0.15, 0.2) is 0 Å². The average Bonchev–Trinajstić information content (AvgIpc) is 2.31. The van der Waals surface area contributed by atoms with Crippen molar-refractivity contribution in [2.45, 2.75) is 4.90 Å². The number of phosphoric ester groups is 1. The van der Waals surface area contributed by atoms with Gasteiger partial charge < -0.3 is 0 Å². The first kappa shape index (κ1) is 14.0. The SMILES string of the molecule is COP(=O)(OC)OCSc1ccc(Cl)cc1. The van der Waals surface area contributed by atoms with Crippen molar-refractivity contribution in [2.75, 3.05) is 20.2 Å². The Labute approximate surface area is 104 Å². The molecule has 0 N–H and O–H groups in total. The minimum absolute atomic E-state index is 0.181. The smallest absolute Gasteiger partial charge is 0.290 e. The molecule has 0 amide bonds. The summed E-state index contributed by atoms with van der Waals surface area (Å²) in [7, 11) is -0.824. The summed E-state index contributed by atoms with van der Waals surface area (Å²) in [5.41, 5.74) is 0. The van der Waals surface area contributed by atoms with Crippen LogP contribution < -0.4 is 0 Å². The lowest BCUT2D eigenvalue weighted by molar-refractivity contribution is 0.172. The van der Waals surface area contributed by atoms with Gasteiger partial charge in [0.1, 0.15) is 5.94 Å². The topological polar surface area (TPSA) is 44.8 Å². The summed E-state index contributed by atoms with van der Waals surface area (Å²) in [5.74, 6) is 0.181. The second-order valence-corrected chi connectivity index (χ2v) is 5.97.